The van der Waals surface area contributed by atoms with Crippen LogP contribution in [0.3, 0.4) is 0 Å². The lowest BCUT2D eigenvalue weighted by atomic mass is 10.2. The minimum Gasteiger partial charge on any atom is -0.432 e. The van der Waals surface area contributed by atoms with Gasteiger partial charge in [0.05, 0.1) is 92.5 Å². The van der Waals surface area contributed by atoms with Gasteiger partial charge in [0.1, 0.15) is 13.2 Å². The van der Waals surface area contributed by atoms with Crippen molar-refractivity contribution in [2.24, 2.45) is 0 Å². The molecular weight excluding hydrogens is 580 g/mol. The first-order valence-electron chi connectivity index (χ1n) is 15.1. The predicted molar refractivity (Wildman–Crippen MR) is 169 cm³/mol. The van der Waals surface area contributed by atoms with E-state index in [1.165, 1.54) is 0 Å². The highest BCUT2D eigenvalue weighted by Crippen LogP contribution is 2.37. The van der Waals surface area contributed by atoms with E-state index >= 15 is 0 Å². The summed E-state index contributed by atoms with van der Waals surface area (Å²) in [5.41, 5.74) is 0. The van der Waals surface area contributed by atoms with Crippen molar-refractivity contribution in [2.75, 3.05) is 106 Å². The molecule has 0 bridgehead atoms. The van der Waals surface area contributed by atoms with Crippen molar-refractivity contribution in [3.63, 3.8) is 0 Å². The number of ether oxygens (including phenoxy) is 8. The van der Waals surface area contributed by atoms with Crippen LogP contribution in [-0.4, -0.2) is 129 Å². The monoisotopic (exact) mass is 642 g/mol. The van der Waals surface area contributed by atoms with Crippen LogP contribution in [0.2, 0.25) is 36.3 Å². The van der Waals surface area contributed by atoms with E-state index in [1.807, 2.05) is 0 Å². The Balaban J connectivity index is 3.36. The maximum atomic E-state index is 11.6. The Morgan fingerprint density at radius 3 is 0.857 bits per heavy atom. The van der Waals surface area contributed by atoms with E-state index in [-0.39, 0.29) is 36.5 Å². The number of hydrogen-bond donors (Lipinski definition) is 0. The third-order valence-corrected chi connectivity index (χ3v) is 16.5. The van der Waals surface area contributed by atoms with Gasteiger partial charge < -0.3 is 46.7 Å². The molecule has 252 valence electrons. The molecule has 0 aliphatic rings. The molecule has 0 aliphatic heterocycles. The molecule has 0 rings (SSSR count). The highest BCUT2D eigenvalue weighted by atomic mass is 28.4. The molecule has 0 N–H and O–H groups in total. The van der Waals surface area contributed by atoms with E-state index in [9.17, 15) is 4.79 Å². The number of carbonyl (C=O) groups excluding carboxylic acids is 1. The van der Waals surface area contributed by atoms with Gasteiger partial charge in [-0.3, -0.25) is 0 Å². The SMILES string of the molecule is CC(C)(C)[Si](C)(C)OCCOCCOCCOCCOC(=O)OCCOCCOCCOCCO[Si](C)(C)C(C)(C)C. The highest BCUT2D eigenvalue weighted by Gasteiger charge is 2.37. The Labute approximate surface area is 257 Å². The van der Waals surface area contributed by atoms with Gasteiger partial charge in [0.15, 0.2) is 16.6 Å². The van der Waals surface area contributed by atoms with Gasteiger partial charge in [0.2, 0.25) is 0 Å². The second kappa shape index (κ2) is 22.8. The molecular formula is C29H62O11Si2. The average molecular weight is 643 g/mol. The number of hydrogen-bond acceptors (Lipinski definition) is 11. The summed E-state index contributed by atoms with van der Waals surface area (Å²) in [7, 11) is -3.44. The van der Waals surface area contributed by atoms with Crippen LogP contribution in [0.4, 0.5) is 4.79 Å². The predicted octanol–water partition coefficient (Wildman–Crippen LogP) is 5.28. The maximum absolute atomic E-state index is 11.6. The van der Waals surface area contributed by atoms with Gasteiger partial charge in [-0.05, 0) is 36.3 Å². The second-order valence-electron chi connectivity index (χ2n) is 12.8. The molecule has 0 aromatic carbocycles. The Kier molecular flexibility index (Phi) is 22.5. The topological polar surface area (TPSA) is 109 Å². The lowest BCUT2D eigenvalue weighted by Gasteiger charge is -2.36. The van der Waals surface area contributed by atoms with Crippen molar-refractivity contribution >= 4 is 22.8 Å². The van der Waals surface area contributed by atoms with Gasteiger partial charge in [-0.2, -0.15) is 0 Å². The molecule has 0 unspecified atom stereocenters. The Bertz CT molecular complexity index is 611. The van der Waals surface area contributed by atoms with Gasteiger partial charge in [0, 0.05) is 0 Å². The average Bonchev–Trinajstić information content (AvgIpc) is 2.88. The van der Waals surface area contributed by atoms with Gasteiger partial charge >= 0.3 is 6.16 Å². The maximum Gasteiger partial charge on any atom is 0.508 e. The summed E-state index contributed by atoms with van der Waals surface area (Å²) >= 11 is 0. The Morgan fingerprint density at radius 1 is 0.405 bits per heavy atom. The summed E-state index contributed by atoms with van der Waals surface area (Å²) in [5.74, 6) is 0. The van der Waals surface area contributed by atoms with Crippen molar-refractivity contribution in [1.82, 2.24) is 0 Å². The molecule has 0 aromatic rings. The lowest BCUT2D eigenvalue weighted by Crippen LogP contribution is -2.41. The van der Waals surface area contributed by atoms with E-state index in [0.29, 0.717) is 79.3 Å². The van der Waals surface area contributed by atoms with Gasteiger partial charge in [-0.1, -0.05) is 41.5 Å². The van der Waals surface area contributed by atoms with Gasteiger partial charge in [-0.15, -0.1) is 0 Å². The quantitative estimate of drug-likeness (QED) is 0.0698. The lowest BCUT2D eigenvalue weighted by molar-refractivity contribution is -0.0162. The highest BCUT2D eigenvalue weighted by molar-refractivity contribution is 6.74. The van der Waals surface area contributed by atoms with Crippen LogP contribution in [-0.2, 0) is 46.7 Å². The zero-order valence-electron chi connectivity index (χ0n) is 28.3. The summed E-state index contributed by atoms with van der Waals surface area (Å²) in [6.45, 7) is 29.0. The smallest absolute Gasteiger partial charge is 0.432 e. The normalized spacial score (nSPS) is 13.0. The van der Waals surface area contributed by atoms with Crippen LogP contribution in [0, 0.1) is 0 Å². The van der Waals surface area contributed by atoms with Crippen molar-refractivity contribution in [1.29, 1.82) is 0 Å². The van der Waals surface area contributed by atoms with Crippen molar-refractivity contribution in [3.05, 3.63) is 0 Å². The van der Waals surface area contributed by atoms with Gasteiger partial charge in [-0.25, -0.2) is 4.79 Å². The van der Waals surface area contributed by atoms with Crippen LogP contribution in [0.25, 0.3) is 0 Å². The van der Waals surface area contributed by atoms with E-state index in [1.54, 1.807) is 0 Å². The zero-order valence-corrected chi connectivity index (χ0v) is 30.3. The largest absolute Gasteiger partial charge is 0.508 e. The van der Waals surface area contributed by atoms with Crippen LogP contribution >= 0.6 is 0 Å². The molecule has 0 radical (unpaired) electrons. The minimum atomic E-state index is -1.72. The Morgan fingerprint density at radius 2 is 0.619 bits per heavy atom. The molecule has 0 aliphatic carbocycles. The summed E-state index contributed by atoms with van der Waals surface area (Å²) in [6, 6.07) is 0. The van der Waals surface area contributed by atoms with Gasteiger partial charge in [0.25, 0.3) is 0 Å². The molecule has 0 amide bonds. The van der Waals surface area contributed by atoms with E-state index < -0.39 is 22.8 Å². The molecule has 0 aromatic heterocycles. The van der Waals surface area contributed by atoms with E-state index in [4.69, 9.17) is 46.7 Å². The summed E-state index contributed by atoms with van der Waals surface area (Å²) in [6.07, 6.45) is -0.751. The van der Waals surface area contributed by atoms with Crippen LogP contribution < -0.4 is 0 Å². The summed E-state index contributed by atoms with van der Waals surface area (Å²) in [4.78, 5) is 11.6. The molecule has 0 saturated carbocycles. The summed E-state index contributed by atoms with van der Waals surface area (Å²) in [5, 5.41) is 0.399. The van der Waals surface area contributed by atoms with Crippen molar-refractivity contribution < 1.29 is 51.5 Å². The van der Waals surface area contributed by atoms with Crippen LogP contribution in [0.1, 0.15) is 41.5 Å². The molecule has 0 atom stereocenters. The first kappa shape index (κ1) is 41.4. The van der Waals surface area contributed by atoms with Crippen molar-refractivity contribution in [3.8, 4) is 0 Å². The molecule has 42 heavy (non-hydrogen) atoms. The standard InChI is InChI=1S/C29H62O11Si2/c1-28(2,3)41(7,8)39-25-21-35-17-13-31-11-15-33-19-23-37-27(30)38-24-20-34-16-12-32-14-18-36-22-26-40-42(9,10)29(4,5)6/h11-26H2,1-10H3. The fourth-order valence-electron chi connectivity index (χ4n) is 2.64. The number of rotatable bonds is 26. The van der Waals surface area contributed by atoms with E-state index in [0.717, 1.165) is 0 Å². The molecule has 0 saturated heterocycles. The summed E-state index contributed by atoms with van der Waals surface area (Å²) < 4.78 is 54.8. The minimum absolute atomic E-state index is 0.107. The Hall–Kier alpha value is -0.616. The number of carbonyl (C=O) groups is 1. The molecule has 0 fully saturated rings. The molecule has 0 heterocycles. The van der Waals surface area contributed by atoms with E-state index in [2.05, 4.69) is 67.7 Å². The fourth-order valence-corrected chi connectivity index (χ4v) is 4.69. The van der Waals surface area contributed by atoms with Crippen LogP contribution in [0.15, 0.2) is 0 Å². The molecule has 13 heteroatoms. The van der Waals surface area contributed by atoms with Crippen LogP contribution in [0.5, 0.6) is 0 Å². The van der Waals surface area contributed by atoms with Crippen molar-refractivity contribution in [2.45, 2.75) is 77.8 Å². The third kappa shape index (κ3) is 22.0. The second-order valence-corrected chi connectivity index (χ2v) is 22.5. The first-order valence-corrected chi connectivity index (χ1v) is 21.0. The fraction of sp³-hybridized carbons (Fsp3) is 0.966. The molecule has 11 nitrogen and oxygen atoms in total. The molecule has 0 spiro atoms. The third-order valence-electron chi connectivity index (χ3n) is 7.38. The zero-order chi connectivity index (χ0) is 32.0. The first-order chi connectivity index (χ1) is 19.6.